The van der Waals surface area contributed by atoms with Gasteiger partial charge in [0.25, 0.3) is 16.7 Å². The number of alkyl carbamates (subject to hydrolysis) is 2. The number of hydrogen-bond acceptors (Lipinski definition) is 36. The second-order valence-electron chi connectivity index (χ2n) is 29.6. The molecule has 6 aromatic rings. The highest BCUT2D eigenvalue weighted by molar-refractivity contribution is 7.67. The average Bonchev–Trinajstić information content (AvgIpc) is 1.69. The Bertz CT molecular complexity index is 5920. The molecule has 6 heterocycles. The summed E-state index contributed by atoms with van der Waals surface area (Å²) in [4.78, 5) is 214. The fourth-order valence-corrected chi connectivity index (χ4v) is 17.5. The topological polar surface area (TPSA) is 774 Å². The number of aromatic amines is 3. The van der Waals surface area contributed by atoms with E-state index in [1.165, 1.54) is 6.20 Å². The van der Waals surface area contributed by atoms with Gasteiger partial charge in [0.05, 0.1) is 69.5 Å². The summed E-state index contributed by atoms with van der Waals surface area (Å²) in [6.45, 7) is 6.59. The molecule has 0 aliphatic carbocycles. The summed E-state index contributed by atoms with van der Waals surface area (Å²) in [6.07, 6.45) is -10.5. The van der Waals surface area contributed by atoms with E-state index >= 15 is 0 Å². The predicted octanol–water partition coefficient (Wildman–Crippen LogP) is 1.32. The van der Waals surface area contributed by atoms with E-state index < -0.39 is 228 Å². The Morgan fingerprint density at radius 3 is 1.03 bits per heavy atom. The molecule has 3 aliphatic heterocycles. The fraction of sp³-hybridized carbons (Fsp3) is 0.438. The lowest BCUT2D eigenvalue weighted by Crippen LogP contribution is -2.36. The van der Waals surface area contributed by atoms with Crippen LogP contribution in [0.25, 0.3) is 0 Å². The Balaban J connectivity index is 0.000000271. The van der Waals surface area contributed by atoms with Gasteiger partial charge in [-0.15, -0.1) is 0 Å². The molecule has 3 aromatic carbocycles. The van der Waals surface area contributed by atoms with Crippen molar-refractivity contribution in [3.05, 3.63) is 205 Å². The number of esters is 3. The smallest absolute Gasteiger partial charge is 0.452 e. The van der Waals surface area contributed by atoms with E-state index in [1.54, 1.807) is 133 Å². The summed E-state index contributed by atoms with van der Waals surface area (Å²) < 4.78 is 137. The number of aliphatic hydroxyl groups excluding tert-OH is 4. The van der Waals surface area contributed by atoms with Gasteiger partial charge in [0, 0.05) is 43.9 Å². The van der Waals surface area contributed by atoms with Crippen LogP contribution in [0.3, 0.4) is 0 Å². The number of carbonyl (C=O) groups excluding carboxylic acids is 5. The Morgan fingerprint density at radius 2 is 0.740 bits per heavy atom. The normalized spacial score (nSPS) is 20.9. The molecule has 131 heavy (non-hydrogen) atoms. The van der Waals surface area contributed by atoms with Crippen LogP contribution in [-0.4, -0.2) is 206 Å². The maximum absolute atomic E-state index is 12.6. The Kier molecular flexibility index (Phi) is 39.1. The number of nitrogens with zero attached hydrogens (tertiary/aromatic N) is 3. The minimum Gasteiger partial charge on any atom is -0.452 e. The highest BCUT2D eigenvalue weighted by Gasteiger charge is 2.46. The van der Waals surface area contributed by atoms with Gasteiger partial charge in [-0.25, -0.2) is 51.4 Å². The van der Waals surface area contributed by atoms with Crippen LogP contribution in [-0.2, 0) is 106 Å². The highest BCUT2D eigenvalue weighted by Crippen LogP contribution is 2.67. The molecule has 0 bridgehead atoms. The van der Waals surface area contributed by atoms with Gasteiger partial charge in [-0.1, -0.05) is 127 Å². The Hall–Kier alpha value is -10.2. The van der Waals surface area contributed by atoms with Gasteiger partial charge in [-0.05, 0) is 58.2 Å². The number of rotatable bonds is 32. The molecule has 52 nitrogen and oxygen atoms in total. The molecule has 2 amide bonds. The molecule has 0 spiro atoms. The minimum absolute atomic E-state index is 0.0432. The molecule has 0 saturated carbocycles. The molecule has 16 unspecified atom stereocenters. The number of hydrogen-bond donors (Lipinski definition) is 18. The van der Waals surface area contributed by atoms with Crippen LogP contribution in [0.1, 0.15) is 150 Å². The summed E-state index contributed by atoms with van der Waals surface area (Å²) in [5, 5.41) is 45.0. The lowest BCUT2D eigenvalue weighted by Gasteiger charge is -2.23. The molecule has 0 radical (unpaired) electrons. The second-order valence-corrected chi connectivity index (χ2v) is 38.5. The quantitative estimate of drug-likeness (QED) is 0.0123. The lowest BCUT2D eigenvalue weighted by atomic mass is 10.0. The third-order valence-corrected chi connectivity index (χ3v) is 24.6. The molecular formula is C73H91N9O43P6. The molecule has 9 rings (SSSR count). The standard InChI is InChI=1S/C26H34N3O18P3.C26H31N3O9.C21H26N3O16P3/c1-26(2,3)45-25(34)27-18(16-8-5-4-6-9-16)12-22(31)42-11-7-10-17-14-29(24(33)28-23(17)32)21-13-19(30)20(44-21)15-43-49(38,39)47-50(40,41)46-48(35,36)37;1-26(2,3)38-25(35)27-18(16-8-5-4-6-9-16)12-22(32)36-11-7-10-17-14-29(24(34)28-23(17)33)21-13-19(31)20(15-30)37-21;22-15(13-5-2-1-3-6-13)9-19(26)36-8-4-7-14-11-24(21(28)23-20(14)27)18-10-16(25)17(38-18)12-37-42(32,33)40-43(34,35)39-41(29,30)31/h4-6,8-9,14,18-21,30H,11-13,15H2,1-3H3,(H,27,34)(H,38,39)(H,40,41)(H,28,32,33)(H2,35,36,37);4-6,8-9,14,18-21,30-31H,11-13,15H2,1-3H3,(H,27,35)(H,28,33,34);1-3,5-6,11,15-18,25H,8-10,12,22H2,(H,32,33)(H,34,35)(H,23,27,28)(H2,29,30,31). The molecule has 3 fully saturated rings. The molecule has 716 valence electrons. The van der Waals surface area contributed by atoms with Crippen molar-refractivity contribution >= 4 is 77.0 Å². The van der Waals surface area contributed by atoms with E-state index in [0.717, 1.165) is 31.7 Å². The number of amides is 2. The van der Waals surface area contributed by atoms with Crippen molar-refractivity contribution in [1.82, 2.24) is 39.3 Å². The van der Waals surface area contributed by atoms with Gasteiger partial charge in [0.2, 0.25) is 0 Å². The van der Waals surface area contributed by atoms with Crippen LogP contribution in [0.15, 0.2) is 138 Å². The highest BCUT2D eigenvalue weighted by atomic mass is 31.3. The largest absolute Gasteiger partial charge is 0.490 e. The number of aromatic nitrogens is 6. The third kappa shape index (κ3) is 37.4. The molecular weight excluding hydrogens is 1880 g/mol. The van der Waals surface area contributed by atoms with Gasteiger partial charge < -0.3 is 114 Å². The third-order valence-electron chi connectivity index (χ3n) is 17.0. The van der Waals surface area contributed by atoms with E-state index in [4.69, 9.17) is 63.2 Å². The molecule has 3 saturated heterocycles. The van der Waals surface area contributed by atoms with E-state index in [2.05, 4.69) is 77.4 Å². The maximum atomic E-state index is 12.6. The molecule has 58 heteroatoms. The van der Waals surface area contributed by atoms with Crippen molar-refractivity contribution in [3.8, 4) is 35.5 Å². The molecule has 3 aromatic heterocycles. The second kappa shape index (κ2) is 47.5. The zero-order chi connectivity index (χ0) is 97.4. The number of benzene rings is 3. The lowest BCUT2D eigenvalue weighted by molar-refractivity contribution is -0.143. The van der Waals surface area contributed by atoms with Crippen molar-refractivity contribution in [2.75, 3.05) is 39.6 Å². The number of nitrogens with two attached hydrogens (primary N) is 1. The number of nitrogens with one attached hydrogen (secondary N) is 5. The Labute approximate surface area is 739 Å². The number of ether oxygens (including phenoxy) is 8. The van der Waals surface area contributed by atoms with Crippen LogP contribution in [0.5, 0.6) is 0 Å². The van der Waals surface area contributed by atoms with Crippen molar-refractivity contribution in [2.45, 2.75) is 165 Å². The molecule has 16 atom stereocenters. The van der Waals surface area contributed by atoms with Crippen molar-refractivity contribution < 1.29 is 175 Å². The molecule has 3 aliphatic rings. The number of phosphoric ester groups is 2. The van der Waals surface area contributed by atoms with Gasteiger partial charge in [0.1, 0.15) is 64.9 Å². The van der Waals surface area contributed by atoms with Crippen molar-refractivity contribution in [1.29, 1.82) is 0 Å². The number of phosphoric acid groups is 6. The van der Waals surface area contributed by atoms with Crippen LogP contribution in [0, 0.1) is 35.5 Å². The number of carbonyl (C=O) groups is 5. The van der Waals surface area contributed by atoms with Crippen LogP contribution >= 0.6 is 46.9 Å². The SMILES string of the molecule is CC(C)(C)OC(=O)NC(CC(=O)OCC#Cc1cn(C2CC(O)C(CO)O2)c(=O)[nH]c1=O)c1ccccc1.CC(C)(C)OC(=O)NC(CC(=O)OCC#Cc1cn(C2CC(O)C(COP(=O)(O)OP(=O)(O)OP(=O)(O)O)O2)c(=O)[nH]c1=O)c1ccccc1.NC(CC(=O)OCC#Cc1cn(C2CC(O)C(COP(=O)(O)OP(=O)(O)OP(=O)(O)O)O2)c(=O)[nH]c1=O)c1ccccc1. The summed E-state index contributed by atoms with van der Waals surface area (Å²) in [7, 11) is -33.8. The van der Waals surface area contributed by atoms with Gasteiger partial charge in [-0.2, -0.15) is 17.2 Å². The van der Waals surface area contributed by atoms with Crippen LogP contribution in [0.4, 0.5) is 9.59 Å². The zero-order valence-electron chi connectivity index (χ0n) is 69.4. The summed E-state index contributed by atoms with van der Waals surface area (Å²) >= 11 is 0. The monoisotopic (exact) mass is 1970 g/mol. The van der Waals surface area contributed by atoms with Gasteiger partial charge in [-0.3, -0.25) is 66.5 Å². The van der Waals surface area contributed by atoms with Crippen LogP contribution < -0.4 is 50.1 Å². The van der Waals surface area contributed by atoms with Crippen molar-refractivity contribution in [3.63, 3.8) is 0 Å². The first-order valence-electron chi connectivity index (χ1n) is 38.0. The zero-order valence-corrected chi connectivity index (χ0v) is 74.8. The summed E-state index contributed by atoms with van der Waals surface area (Å²) in [6, 6.07) is 24.2. The van der Waals surface area contributed by atoms with Crippen LogP contribution in [0.2, 0.25) is 0 Å². The van der Waals surface area contributed by atoms with E-state index in [1.807, 2.05) is 9.97 Å². The summed E-state index contributed by atoms with van der Waals surface area (Å²) in [5.74, 6) is 12.9. The number of H-pyrrole nitrogens is 3. The van der Waals surface area contributed by atoms with E-state index in [0.29, 0.717) is 11.1 Å². The average molecular weight is 1970 g/mol. The first kappa shape index (κ1) is 108. The molecule has 19 N–H and O–H groups in total. The van der Waals surface area contributed by atoms with E-state index in [9.17, 15) is 120 Å². The summed E-state index contributed by atoms with van der Waals surface area (Å²) in [5.41, 5.74) is 0.599. The van der Waals surface area contributed by atoms with Gasteiger partial charge >= 0.3 is 94.1 Å². The maximum Gasteiger partial charge on any atom is 0.490 e. The minimum atomic E-state index is -5.78. The number of aliphatic hydroxyl groups is 4. The van der Waals surface area contributed by atoms with Gasteiger partial charge in [0.15, 0.2) is 19.8 Å². The first-order valence-corrected chi connectivity index (χ1v) is 47.1. The first-order chi connectivity index (χ1) is 60.9. The fourth-order valence-electron chi connectivity index (χ4n) is 11.5. The Morgan fingerprint density at radius 1 is 0.450 bits per heavy atom. The predicted molar refractivity (Wildman–Crippen MR) is 442 cm³/mol. The van der Waals surface area contributed by atoms with E-state index in [-0.39, 0.29) is 61.8 Å². The van der Waals surface area contributed by atoms with Crippen molar-refractivity contribution in [2.24, 2.45) is 5.73 Å².